The number of hydrogen-bond donors (Lipinski definition) is 2. The third kappa shape index (κ3) is 3.05. The minimum absolute atomic E-state index is 0.0316. The highest BCUT2D eigenvalue weighted by Crippen LogP contribution is 2.24. The zero-order valence-corrected chi connectivity index (χ0v) is 11.7. The van der Waals surface area contributed by atoms with Gasteiger partial charge in [0.1, 0.15) is 0 Å². The summed E-state index contributed by atoms with van der Waals surface area (Å²) in [7, 11) is -3.65. The first-order chi connectivity index (χ1) is 7.79. The summed E-state index contributed by atoms with van der Waals surface area (Å²) in [6, 6.07) is 2.54. The lowest BCUT2D eigenvalue weighted by Gasteiger charge is -2.09. The molecule has 0 radical (unpaired) electrons. The zero-order valence-electron chi connectivity index (χ0n) is 9.32. The highest BCUT2D eigenvalue weighted by molar-refractivity contribution is 9.10. The number of aromatic carboxylic acids is 1. The Balaban J connectivity index is 3.44. The number of carboxylic acids is 1. The van der Waals surface area contributed by atoms with Crippen LogP contribution in [-0.2, 0) is 10.0 Å². The summed E-state index contributed by atoms with van der Waals surface area (Å²) in [5.74, 6) is -1.16. The van der Waals surface area contributed by atoms with Crippen LogP contribution in [0, 0.1) is 6.92 Å². The number of sulfonamides is 1. The molecule has 7 heteroatoms. The van der Waals surface area contributed by atoms with Gasteiger partial charge in [0.2, 0.25) is 10.0 Å². The third-order valence-electron chi connectivity index (χ3n) is 2.19. The van der Waals surface area contributed by atoms with Crippen molar-refractivity contribution in [3.8, 4) is 0 Å². The highest BCUT2D eigenvalue weighted by Gasteiger charge is 2.19. The van der Waals surface area contributed by atoms with Crippen molar-refractivity contribution in [1.82, 2.24) is 4.72 Å². The van der Waals surface area contributed by atoms with E-state index in [9.17, 15) is 13.2 Å². The predicted octanol–water partition coefficient (Wildman–Crippen LogP) is 1.75. The van der Waals surface area contributed by atoms with Crippen LogP contribution in [0.1, 0.15) is 22.8 Å². The monoisotopic (exact) mass is 321 g/mol. The van der Waals surface area contributed by atoms with E-state index in [-0.39, 0.29) is 17.0 Å². The van der Waals surface area contributed by atoms with Crippen molar-refractivity contribution >= 4 is 31.9 Å². The summed E-state index contributed by atoms with van der Waals surface area (Å²) in [5.41, 5.74) is 0.462. The van der Waals surface area contributed by atoms with Gasteiger partial charge in [0.05, 0.1) is 10.5 Å². The van der Waals surface area contributed by atoms with Crippen LogP contribution in [0.5, 0.6) is 0 Å². The van der Waals surface area contributed by atoms with Crippen molar-refractivity contribution < 1.29 is 18.3 Å². The Morgan fingerprint density at radius 3 is 2.53 bits per heavy atom. The molecule has 0 aromatic heterocycles. The zero-order chi connectivity index (χ0) is 13.2. The van der Waals surface area contributed by atoms with E-state index in [0.29, 0.717) is 10.0 Å². The summed E-state index contributed by atoms with van der Waals surface area (Å²) >= 11 is 3.15. The van der Waals surface area contributed by atoms with Crippen molar-refractivity contribution in [2.24, 2.45) is 0 Å². The van der Waals surface area contributed by atoms with Gasteiger partial charge in [-0.25, -0.2) is 17.9 Å². The van der Waals surface area contributed by atoms with Gasteiger partial charge in [0, 0.05) is 11.0 Å². The molecule has 0 amide bonds. The summed E-state index contributed by atoms with van der Waals surface area (Å²) in [6.45, 7) is 3.51. The Kier molecular flexibility index (Phi) is 4.29. The topological polar surface area (TPSA) is 83.5 Å². The van der Waals surface area contributed by atoms with Crippen molar-refractivity contribution in [2.75, 3.05) is 6.54 Å². The normalized spacial score (nSPS) is 11.5. The molecular formula is C10H12BrNO4S. The smallest absolute Gasteiger partial charge is 0.336 e. The number of rotatable bonds is 4. The molecule has 17 heavy (non-hydrogen) atoms. The molecule has 0 fully saturated rings. The van der Waals surface area contributed by atoms with Gasteiger partial charge in [-0.1, -0.05) is 22.9 Å². The van der Waals surface area contributed by atoms with E-state index < -0.39 is 16.0 Å². The fourth-order valence-corrected chi connectivity index (χ4v) is 3.01. The molecule has 94 valence electrons. The molecule has 2 N–H and O–H groups in total. The largest absolute Gasteiger partial charge is 0.478 e. The molecule has 1 aromatic carbocycles. The van der Waals surface area contributed by atoms with Gasteiger partial charge < -0.3 is 5.11 Å². The van der Waals surface area contributed by atoms with Crippen molar-refractivity contribution in [2.45, 2.75) is 18.7 Å². The summed E-state index contributed by atoms with van der Waals surface area (Å²) in [4.78, 5) is 10.9. The second-order valence-electron chi connectivity index (χ2n) is 3.38. The van der Waals surface area contributed by atoms with Gasteiger partial charge in [-0.3, -0.25) is 0 Å². The van der Waals surface area contributed by atoms with Gasteiger partial charge in [0.25, 0.3) is 0 Å². The van der Waals surface area contributed by atoms with Crippen molar-refractivity contribution in [1.29, 1.82) is 0 Å². The molecule has 0 bridgehead atoms. The summed E-state index contributed by atoms with van der Waals surface area (Å²) in [6.07, 6.45) is 0. The molecule has 5 nitrogen and oxygen atoms in total. The lowest BCUT2D eigenvalue weighted by atomic mass is 10.1. The van der Waals surface area contributed by atoms with E-state index in [1.54, 1.807) is 13.8 Å². The Morgan fingerprint density at radius 1 is 1.47 bits per heavy atom. The van der Waals surface area contributed by atoms with Crippen molar-refractivity contribution in [3.63, 3.8) is 0 Å². The van der Waals surface area contributed by atoms with E-state index >= 15 is 0 Å². The fraction of sp³-hybridized carbons (Fsp3) is 0.300. The molecule has 0 saturated heterocycles. The van der Waals surface area contributed by atoms with Gasteiger partial charge >= 0.3 is 5.97 Å². The average molecular weight is 322 g/mol. The molecule has 0 atom stereocenters. The molecule has 0 aliphatic carbocycles. The summed E-state index contributed by atoms with van der Waals surface area (Å²) < 4.78 is 26.3. The first-order valence-corrected chi connectivity index (χ1v) is 7.10. The average Bonchev–Trinajstić information content (AvgIpc) is 2.21. The van der Waals surface area contributed by atoms with E-state index in [4.69, 9.17) is 5.11 Å². The quantitative estimate of drug-likeness (QED) is 0.885. The summed E-state index contributed by atoms with van der Waals surface area (Å²) in [5, 5.41) is 8.97. The molecule has 1 aromatic rings. The van der Waals surface area contributed by atoms with E-state index in [0.717, 1.165) is 6.07 Å². The van der Waals surface area contributed by atoms with Crippen LogP contribution in [0.15, 0.2) is 21.5 Å². The minimum Gasteiger partial charge on any atom is -0.478 e. The fourth-order valence-electron chi connectivity index (χ4n) is 1.30. The standard InChI is InChI=1S/C10H12BrNO4S/c1-3-12-17(15,16)7-4-8(10(13)14)6(2)9(11)5-7/h4-5,12H,3H2,1-2H3,(H,13,14). The SMILES string of the molecule is CCNS(=O)(=O)c1cc(Br)c(C)c(C(=O)O)c1. The van der Waals surface area contributed by atoms with Crippen LogP contribution < -0.4 is 4.72 Å². The maximum atomic E-state index is 11.7. The predicted molar refractivity (Wildman–Crippen MR) is 66.7 cm³/mol. The minimum atomic E-state index is -3.65. The molecule has 0 spiro atoms. The van der Waals surface area contributed by atoms with E-state index in [1.807, 2.05) is 0 Å². The number of nitrogens with one attached hydrogen (secondary N) is 1. The molecule has 0 aliphatic rings. The van der Waals surface area contributed by atoms with Crippen molar-refractivity contribution in [3.05, 3.63) is 27.7 Å². The number of carboxylic acid groups (broad SMARTS) is 1. The van der Waals surface area contributed by atoms with Crippen LogP contribution in [0.3, 0.4) is 0 Å². The van der Waals surface area contributed by atoms with Gasteiger partial charge in [0.15, 0.2) is 0 Å². The Labute approximate surface area is 108 Å². The molecule has 0 saturated carbocycles. The Morgan fingerprint density at radius 2 is 2.06 bits per heavy atom. The van der Waals surface area contributed by atoms with E-state index in [1.165, 1.54) is 6.07 Å². The van der Waals surface area contributed by atoms with Crippen LogP contribution in [0.4, 0.5) is 0 Å². The maximum absolute atomic E-state index is 11.7. The number of hydrogen-bond acceptors (Lipinski definition) is 3. The third-order valence-corrected chi connectivity index (χ3v) is 4.54. The number of halogens is 1. The Hall–Kier alpha value is -0.920. The van der Waals surface area contributed by atoms with Crippen LogP contribution in [0.2, 0.25) is 0 Å². The highest BCUT2D eigenvalue weighted by atomic mass is 79.9. The molecule has 1 rings (SSSR count). The van der Waals surface area contributed by atoms with Gasteiger partial charge in [-0.05, 0) is 24.6 Å². The molecular weight excluding hydrogens is 310 g/mol. The molecule has 0 heterocycles. The van der Waals surface area contributed by atoms with Crippen LogP contribution in [0.25, 0.3) is 0 Å². The number of benzene rings is 1. The number of carbonyl (C=O) groups is 1. The second-order valence-corrected chi connectivity index (χ2v) is 6.01. The Bertz CT molecular complexity index is 554. The van der Waals surface area contributed by atoms with Gasteiger partial charge in [-0.2, -0.15) is 0 Å². The maximum Gasteiger partial charge on any atom is 0.336 e. The first kappa shape index (κ1) is 14.1. The van der Waals surface area contributed by atoms with Crippen LogP contribution in [-0.4, -0.2) is 26.0 Å². The lowest BCUT2D eigenvalue weighted by molar-refractivity contribution is 0.0695. The second kappa shape index (κ2) is 5.16. The van der Waals surface area contributed by atoms with Crippen LogP contribution >= 0.6 is 15.9 Å². The van der Waals surface area contributed by atoms with E-state index in [2.05, 4.69) is 20.7 Å². The molecule has 0 aliphatic heterocycles. The van der Waals surface area contributed by atoms with Gasteiger partial charge in [-0.15, -0.1) is 0 Å². The molecule has 0 unspecified atom stereocenters. The first-order valence-electron chi connectivity index (χ1n) is 4.82. The lowest BCUT2D eigenvalue weighted by Crippen LogP contribution is -2.23.